The van der Waals surface area contributed by atoms with E-state index in [9.17, 15) is 14.7 Å². The van der Waals surface area contributed by atoms with Crippen LogP contribution in [0.1, 0.15) is 85.5 Å². The molecule has 4 aliphatic rings. The average molecular weight is 377 g/mol. The van der Waals surface area contributed by atoms with Gasteiger partial charge in [0.1, 0.15) is 11.7 Å². The van der Waals surface area contributed by atoms with Crippen LogP contribution in [0.4, 0.5) is 0 Å². The molecule has 0 heterocycles. The summed E-state index contributed by atoms with van der Waals surface area (Å²) >= 11 is 0. The first-order valence-corrected chi connectivity index (χ1v) is 11.0. The molecule has 0 aromatic heterocycles. The van der Waals surface area contributed by atoms with Crippen molar-refractivity contribution < 1.29 is 19.4 Å². The Hall–Kier alpha value is -0.900. The van der Waals surface area contributed by atoms with Crippen LogP contribution in [-0.4, -0.2) is 28.6 Å². The van der Waals surface area contributed by atoms with Crippen molar-refractivity contribution in [2.45, 2.75) is 97.2 Å². The maximum Gasteiger partial charge on any atom is 0.302 e. The van der Waals surface area contributed by atoms with Gasteiger partial charge >= 0.3 is 5.97 Å². The Morgan fingerprint density at radius 2 is 1.63 bits per heavy atom. The normalized spacial score (nSPS) is 51.7. The molecular weight excluding hydrogens is 340 g/mol. The van der Waals surface area contributed by atoms with E-state index in [1.807, 2.05) is 0 Å². The average Bonchev–Trinajstić information content (AvgIpc) is 2.87. The molecule has 1 N–H and O–H groups in total. The highest BCUT2D eigenvalue weighted by atomic mass is 16.5. The Kier molecular flexibility index (Phi) is 4.53. The van der Waals surface area contributed by atoms with Gasteiger partial charge in [0.2, 0.25) is 0 Å². The minimum atomic E-state index is -1.12. The van der Waals surface area contributed by atoms with Gasteiger partial charge < -0.3 is 9.84 Å². The van der Waals surface area contributed by atoms with Gasteiger partial charge in [0.05, 0.1) is 0 Å². The topological polar surface area (TPSA) is 63.6 Å². The minimum Gasteiger partial charge on any atom is -0.463 e. The second kappa shape index (κ2) is 6.30. The van der Waals surface area contributed by atoms with Gasteiger partial charge in [0, 0.05) is 12.3 Å². The summed E-state index contributed by atoms with van der Waals surface area (Å²) in [6.07, 6.45) is 9.34. The molecule has 152 valence electrons. The van der Waals surface area contributed by atoms with Gasteiger partial charge in [-0.3, -0.25) is 9.59 Å². The van der Waals surface area contributed by atoms with Crippen molar-refractivity contribution in [1.29, 1.82) is 0 Å². The molecule has 0 bridgehead atoms. The van der Waals surface area contributed by atoms with E-state index in [1.165, 1.54) is 19.8 Å². The lowest BCUT2D eigenvalue weighted by Crippen LogP contribution is -2.58. The predicted molar refractivity (Wildman–Crippen MR) is 103 cm³/mol. The van der Waals surface area contributed by atoms with Crippen LogP contribution in [0.5, 0.6) is 0 Å². The molecular formula is C23H36O4. The summed E-state index contributed by atoms with van der Waals surface area (Å²) in [4.78, 5) is 23.7. The number of rotatable bonds is 2. The fourth-order valence-electron chi connectivity index (χ4n) is 8.15. The molecule has 4 fully saturated rings. The van der Waals surface area contributed by atoms with Crippen LogP contribution >= 0.6 is 0 Å². The van der Waals surface area contributed by atoms with Gasteiger partial charge in [-0.2, -0.15) is 0 Å². The number of aliphatic hydroxyl groups is 1. The Balaban J connectivity index is 1.56. The van der Waals surface area contributed by atoms with Crippen LogP contribution in [0.25, 0.3) is 0 Å². The zero-order chi connectivity index (χ0) is 19.6. The van der Waals surface area contributed by atoms with E-state index in [1.54, 1.807) is 6.92 Å². The second-order valence-corrected chi connectivity index (χ2v) is 10.6. The lowest BCUT2D eigenvalue weighted by Gasteiger charge is -2.61. The van der Waals surface area contributed by atoms with Crippen molar-refractivity contribution in [1.82, 2.24) is 0 Å². The highest BCUT2D eigenvalue weighted by Crippen LogP contribution is 2.68. The summed E-state index contributed by atoms with van der Waals surface area (Å²) in [6.45, 7) is 7.76. The van der Waals surface area contributed by atoms with Crippen molar-refractivity contribution in [2.24, 2.45) is 34.5 Å². The Morgan fingerprint density at radius 1 is 0.926 bits per heavy atom. The summed E-state index contributed by atoms with van der Waals surface area (Å²) in [5, 5.41) is 11.2. The molecule has 4 heteroatoms. The first kappa shape index (κ1) is 19.4. The number of carbonyl (C=O) groups excluding carboxylic acids is 2. The Bertz CT molecular complexity index is 644. The molecule has 8 atom stereocenters. The van der Waals surface area contributed by atoms with Crippen molar-refractivity contribution >= 4 is 11.8 Å². The molecule has 0 unspecified atom stereocenters. The molecule has 0 spiro atoms. The van der Waals surface area contributed by atoms with Crippen molar-refractivity contribution in [3.63, 3.8) is 0 Å². The van der Waals surface area contributed by atoms with Crippen molar-refractivity contribution in [2.75, 3.05) is 0 Å². The van der Waals surface area contributed by atoms with Gasteiger partial charge in [0.25, 0.3) is 0 Å². The molecule has 0 radical (unpaired) electrons. The number of ether oxygens (including phenoxy) is 1. The van der Waals surface area contributed by atoms with Gasteiger partial charge in [-0.1, -0.05) is 13.8 Å². The molecule has 27 heavy (non-hydrogen) atoms. The molecule has 0 amide bonds. The van der Waals surface area contributed by atoms with E-state index in [-0.39, 0.29) is 23.3 Å². The highest BCUT2D eigenvalue weighted by molar-refractivity contribution is 5.86. The highest BCUT2D eigenvalue weighted by Gasteiger charge is 2.66. The van der Waals surface area contributed by atoms with Gasteiger partial charge in [-0.05, 0) is 93.8 Å². The molecule has 4 rings (SSSR count). The van der Waals surface area contributed by atoms with Crippen LogP contribution in [0, 0.1) is 34.5 Å². The lowest BCUT2D eigenvalue weighted by atomic mass is 9.44. The summed E-state index contributed by atoms with van der Waals surface area (Å²) in [5.41, 5.74) is -1.05. The van der Waals surface area contributed by atoms with Crippen LogP contribution in [0.2, 0.25) is 0 Å². The monoisotopic (exact) mass is 376 g/mol. The summed E-state index contributed by atoms with van der Waals surface area (Å²) in [5.74, 6) is 2.22. The molecule has 0 saturated heterocycles. The number of fused-ring (bicyclic) bond motifs is 5. The van der Waals surface area contributed by atoms with E-state index in [0.29, 0.717) is 35.5 Å². The van der Waals surface area contributed by atoms with Crippen molar-refractivity contribution in [3.05, 3.63) is 0 Å². The van der Waals surface area contributed by atoms with Crippen LogP contribution < -0.4 is 0 Å². The number of esters is 1. The maximum atomic E-state index is 12.3. The van der Waals surface area contributed by atoms with Crippen molar-refractivity contribution in [3.8, 4) is 0 Å². The van der Waals surface area contributed by atoms with Gasteiger partial charge in [-0.25, -0.2) is 0 Å². The molecule has 4 saturated carbocycles. The molecule has 4 nitrogen and oxygen atoms in total. The number of hydrogen-bond donors (Lipinski definition) is 1. The molecule has 0 aliphatic heterocycles. The van der Waals surface area contributed by atoms with Gasteiger partial charge in [0.15, 0.2) is 5.78 Å². The summed E-state index contributed by atoms with van der Waals surface area (Å²) in [6, 6.07) is 0. The predicted octanol–water partition coefficient (Wildman–Crippen LogP) is 4.28. The quantitative estimate of drug-likeness (QED) is 0.731. The number of hydrogen-bond acceptors (Lipinski definition) is 4. The van der Waals surface area contributed by atoms with Crippen LogP contribution in [0.15, 0.2) is 0 Å². The standard InChI is InChI=1S/C23H36O4/c1-14(24)23(26)12-9-20-18-6-5-16-13-17(27-15(2)25)7-10-21(16,3)19(18)8-11-22(20,23)4/h16-20,26H,5-13H2,1-4H3/t16-,17+,18-,19+,20+,21+,22+,23-/m1/s1. The first-order chi connectivity index (χ1) is 12.6. The lowest BCUT2D eigenvalue weighted by molar-refractivity contribution is -0.175. The minimum absolute atomic E-state index is 0.0345. The SMILES string of the molecule is CC(=O)O[C@H]1CC[C@@]2(C)[C@H](CC[C@@H]3[C@@H]2CC[C@@]2(C)[C@H]3CC[C@@]2(O)C(C)=O)C1. The van der Waals surface area contributed by atoms with E-state index in [4.69, 9.17) is 4.74 Å². The van der Waals surface area contributed by atoms with Crippen LogP contribution in [-0.2, 0) is 14.3 Å². The number of carbonyl (C=O) groups is 2. The smallest absolute Gasteiger partial charge is 0.302 e. The van der Waals surface area contributed by atoms with Gasteiger partial charge in [-0.15, -0.1) is 0 Å². The van der Waals surface area contributed by atoms with E-state index in [2.05, 4.69) is 13.8 Å². The zero-order valence-corrected chi connectivity index (χ0v) is 17.4. The first-order valence-electron chi connectivity index (χ1n) is 11.0. The maximum absolute atomic E-state index is 12.3. The summed E-state index contributed by atoms with van der Waals surface area (Å²) in [7, 11) is 0. The third kappa shape index (κ3) is 2.65. The molecule has 0 aromatic rings. The summed E-state index contributed by atoms with van der Waals surface area (Å²) < 4.78 is 5.55. The zero-order valence-electron chi connectivity index (χ0n) is 17.4. The Labute approximate surface area is 163 Å². The number of Topliss-reactive ketones (excluding diaryl/α,β-unsaturated/α-hetero) is 1. The van der Waals surface area contributed by atoms with E-state index < -0.39 is 5.60 Å². The van der Waals surface area contributed by atoms with Crippen LogP contribution in [0.3, 0.4) is 0 Å². The largest absolute Gasteiger partial charge is 0.463 e. The Morgan fingerprint density at radius 3 is 2.30 bits per heavy atom. The third-order valence-electron chi connectivity index (χ3n) is 9.68. The number of ketones is 1. The third-order valence-corrected chi connectivity index (χ3v) is 9.68. The fourth-order valence-corrected chi connectivity index (χ4v) is 8.15. The second-order valence-electron chi connectivity index (χ2n) is 10.6. The van der Waals surface area contributed by atoms with E-state index in [0.717, 1.165) is 38.5 Å². The fraction of sp³-hybridized carbons (Fsp3) is 0.913. The molecule has 4 aliphatic carbocycles. The molecule has 0 aromatic carbocycles. The van der Waals surface area contributed by atoms with E-state index >= 15 is 0 Å².